The van der Waals surface area contributed by atoms with Gasteiger partial charge in [0, 0.05) is 6.07 Å². The number of halogens is 1. The zero-order chi connectivity index (χ0) is 14.0. The van der Waals surface area contributed by atoms with E-state index in [1.54, 1.807) is 0 Å². The molecule has 3 N–H and O–H groups in total. The normalized spacial score (nSPS) is 11.3. The van der Waals surface area contributed by atoms with Gasteiger partial charge in [0.2, 0.25) is 5.13 Å². The standard InChI is InChI=1S/C9H9FN4O3S2/c1-17-7-4-5(2-3-6(7)10)14-19(15,16)9-13-12-8(11)18-9/h2-4,14H,1H3,(H2,11,12). The molecule has 0 aliphatic carbocycles. The average molecular weight is 304 g/mol. The van der Waals surface area contributed by atoms with Crippen LogP contribution in [-0.2, 0) is 10.0 Å². The van der Waals surface area contributed by atoms with Gasteiger partial charge in [-0.1, -0.05) is 11.3 Å². The van der Waals surface area contributed by atoms with Crippen molar-refractivity contribution in [3.05, 3.63) is 24.0 Å². The Morgan fingerprint density at radius 2 is 2.16 bits per heavy atom. The maximum absolute atomic E-state index is 13.2. The molecule has 0 radical (unpaired) electrons. The van der Waals surface area contributed by atoms with Gasteiger partial charge in [-0.2, -0.15) is 8.42 Å². The van der Waals surface area contributed by atoms with Crippen molar-refractivity contribution in [1.82, 2.24) is 10.2 Å². The lowest BCUT2D eigenvalue weighted by Gasteiger charge is -2.07. The number of nitrogens with zero attached hydrogens (tertiary/aromatic N) is 2. The van der Waals surface area contributed by atoms with E-state index in [9.17, 15) is 12.8 Å². The van der Waals surface area contributed by atoms with E-state index in [0.717, 1.165) is 17.4 Å². The van der Waals surface area contributed by atoms with Crippen molar-refractivity contribution in [3.8, 4) is 5.75 Å². The third-order valence-corrected chi connectivity index (χ3v) is 4.56. The molecule has 1 aromatic heterocycles. The number of hydrogen-bond donors (Lipinski definition) is 2. The maximum atomic E-state index is 13.2. The number of nitrogens with two attached hydrogens (primary N) is 1. The number of methoxy groups -OCH3 is 1. The lowest BCUT2D eigenvalue weighted by atomic mass is 10.3. The van der Waals surface area contributed by atoms with E-state index in [2.05, 4.69) is 14.9 Å². The highest BCUT2D eigenvalue weighted by Gasteiger charge is 2.20. The molecule has 0 aliphatic heterocycles. The van der Waals surface area contributed by atoms with Gasteiger partial charge in [-0.3, -0.25) is 4.72 Å². The molecule has 1 aromatic carbocycles. The molecule has 1 heterocycles. The largest absolute Gasteiger partial charge is 0.494 e. The Morgan fingerprint density at radius 1 is 1.42 bits per heavy atom. The van der Waals surface area contributed by atoms with Crippen LogP contribution in [0.5, 0.6) is 5.75 Å². The second-order valence-corrected chi connectivity index (χ2v) is 6.23. The first-order valence-electron chi connectivity index (χ1n) is 4.88. The summed E-state index contributed by atoms with van der Waals surface area (Å²) < 4.78 is 43.7. The highest BCUT2D eigenvalue weighted by Crippen LogP contribution is 2.25. The van der Waals surface area contributed by atoms with Crippen molar-refractivity contribution in [1.29, 1.82) is 0 Å². The van der Waals surface area contributed by atoms with Crippen LogP contribution in [0.3, 0.4) is 0 Å². The summed E-state index contributed by atoms with van der Waals surface area (Å²) in [4.78, 5) is 0. The zero-order valence-electron chi connectivity index (χ0n) is 9.62. The van der Waals surface area contributed by atoms with E-state index in [1.807, 2.05) is 0 Å². The molecular formula is C9H9FN4O3S2. The predicted octanol–water partition coefficient (Wildman–Crippen LogP) is 1.07. The molecule has 0 bridgehead atoms. The van der Waals surface area contributed by atoms with Crippen molar-refractivity contribution in [2.45, 2.75) is 4.34 Å². The minimum atomic E-state index is -3.89. The molecule has 2 rings (SSSR count). The van der Waals surface area contributed by atoms with E-state index in [4.69, 9.17) is 10.5 Å². The van der Waals surface area contributed by atoms with Crippen molar-refractivity contribution in [2.24, 2.45) is 0 Å². The van der Waals surface area contributed by atoms with E-state index in [0.29, 0.717) is 0 Å². The molecule has 0 saturated heterocycles. The van der Waals surface area contributed by atoms with Gasteiger partial charge in [-0.25, -0.2) is 4.39 Å². The van der Waals surface area contributed by atoms with Crippen LogP contribution in [0.15, 0.2) is 22.5 Å². The lowest BCUT2D eigenvalue weighted by molar-refractivity contribution is 0.387. The molecular weight excluding hydrogens is 295 g/mol. The fourth-order valence-electron chi connectivity index (χ4n) is 1.25. The minimum absolute atomic E-state index is 0.0389. The summed E-state index contributed by atoms with van der Waals surface area (Å²) in [5.41, 5.74) is 5.46. The van der Waals surface area contributed by atoms with Gasteiger partial charge < -0.3 is 10.5 Å². The third kappa shape index (κ3) is 2.90. The number of hydrogen-bond acceptors (Lipinski definition) is 7. The number of nitrogen functional groups attached to an aromatic ring is 1. The number of benzene rings is 1. The average Bonchev–Trinajstić information content (AvgIpc) is 2.79. The Kier molecular flexibility index (Phi) is 3.53. The van der Waals surface area contributed by atoms with Crippen molar-refractivity contribution < 1.29 is 17.5 Å². The number of ether oxygens (including phenoxy) is 1. The molecule has 0 unspecified atom stereocenters. The molecule has 0 spiro atoms. The Labute approximate surface area is 112 Å². The zero-order valence-corrected chi connectivity index (χ0v) is 11.3. The Balaban J connectivity index is 2.30. The van der Waals surface area contributed by atoms with Crippen molar-refractivity contribution in [2.75, 3.05) is 17.6 Å². The minimum Gasteiger partial charge on any atom is -0.494 e. The van der Waals surface area contributed by atoms with Crippen LogP contribution in [0, 0.1) is 5.82 Å². The maximum Gasteiger partial charge on any atom is 0.291 e. The van der Waals surface area contributed by atoms with Crippen molar-refractivity contribution in [3.63, 3.8) is 0 Å². The summed E-state index contributed by atoms with van der Waals surface area (Å²) in [5, 5.41) is 6.89. The fourth-order valence-corrected chi connectivity index (χ4v) is 3.09. The quantitative estimate of drug-likeness (QED) is 0.875. The van der Waals surface area contributed by atoms with Crippen LogP contribution in [-0.4, -0.2) is 25.7 Å². The third-order valence-electron chi connectivity index (χ3n) is 2.06. The number of anilines is 2. The monoisotopic (exact) mass is 304 g/mol. The predicted molar refractivity (Wildman–Crippen MR) is 68.1 cm³/mol. The smallest absolute Gasteiger partial charge is 0.291 e. The summed E-state index contributed by atoms with van der Waals surface area (Å²) >= 11 is 0.727. The van der Waals surface area contributed by atoms with Crippen LogP contribution >= 0.6 is 11.3 Å². The highest BCUT2D eigenvalue weighted by molar-refractivity contribution is 7.94. The molecule has 0 saturated carbocycles. The first-order chi connectivity index (χ1) is 8.92. The molecule has 0 aliphatic rings. The molecule has 10 heteroatoms. The molecule has 19 heavy (non-hydrogen) atoms. The SMILES string of the molecule is COc1cc(NS(=O)(=O)c2nnc(N)s2)ccc1F. The molecule has 0 atom stereocenters. The van der Waals surface area contributed by atoms with Crippen LogP contribution < -0.4 is 15.2 Å². The van der Waals surface area contributed by atoms with Crippen LogP contribution in [0.1, 0.15) is 0 Å². The summed E-state index contributed by atoms with van der Waals surface area (Å²) in [7, 11) is -2.61. The summed E-state index contributed by atoms with van der Waals surface area (Å²) in [6.07, 6.45) is 0. The first kappa shape index (κ1) is 13.5. The second kappa shape index (κ2) is 4.97. The van der Waals surface area contributed by atoms with Gasteiger partial charge in [0.15, 0.2) is 11.6 Å². The van der Waals surface area contributed by atoms with Crippen LogP contribution in [0.2, 0.25) is 0 Å². The van der Waals surface area contributed by atoms with Crippen LogP contribution in [0.25, 0.3) is 0 Å². The van der Waals surface area contributed by atoms with Gasteiger partial charge in [-0.15, -0.1) is 10.2 Å². The Hall–Kier alpha value is -1.94. The topological polar surface area (TPSA) is 107 Å². The Morgan fingerprint density at radius 3 is 2.74 bits per heavy atom. The van der Waals surface area contributed by atoms with Crippen molar-refractivity contribution >= 4 is 32.2 Å². The highest BCUT2D eigenvalue weighted by atomic mass is 32.2. The molecule has 0 amide bonds. The van der Waals surface area contributed by atoms with Gasteiger partial charge in [0.25, 0.3) is 14.4 Å². The summed E-state index contributed by atoms with van der Waals surface area (Å²) in [6.45, 7) is 0. The summed E-state index contributed by atoms with van der Waals surface area (Å²) in [6, 6.07) is 3.57. The van der Waals surface area contributed by atoms with Gasteiger partial charge >= 0.3 is 0 Å². The number of nitrogens with one attached hydrogen (secondary N) is 1. The number of rotatable bonds is 4. The van der Waals surface area contributed by atoms with Crippen LogP contribution in [0.4, 0.5) is 15.2 Å². The summed E-state index contributed by atoms with van der Waals surface area (Å²) in [5.74, 6) is -0.664. The number of aromatic nitrogens is 2. The van der Waals surface area contributed by atoms with Gasteiger partial charge in [0.05, 0.1) is 12.8 Å². The fraction of sp³-hybridized carbons (Fsp3) is 0.111. The van der Waals surface area contributed by atoms with E-state index >= 15 is 0 Å². The van der Waals surface area contributed by atoms with Gasteiger partial charge in [-0.05, 0) is 12.1 Å². The first-order valence-corrected chi connectivity index (χ1v) is 7.17. The second-order valence-electron chi connectivity index (χ2n) is 3.36. The number of sulfonamides is 1. The molecule has 7 nitrogen and oxygen atoms in total. The Bertz CT molecular complexity index is 701. The van der Waals surface area contributed by atoms with E-state index in [1.165, 1.54) is 19.2 Å². The lowest BCUT2D eigenvalue weighted by Crippen LogP contribution is -2.12. The van der Waals surface area contributed by atoms with Gasteiger partial charge in [0.1, 0.15) is 0 Å². The molecule has 0 fully saturated rings. The van der Waals surface area contributed by atoms with E-state index < -0.39 is 15.8 Å². The van der Waals surface area contributed by atoms with E-state index in [-0.39, 0.29) is 20.9 Å². The molecule has 2 aromatic rings. The molecule has 102 valence electrons.